The van der Waals surface area contributed by atoms with E-state index in [1.165, 1.54) is 0 Å². The van der Waals surface area contributed by atoms with Crippen molar-refractivity contribution in [2.24, 2.45) is 5.41 Å². The van der Waals surface area contributed by atoms with Crippen LogP contribution >= 0.6 is 0 Å². The normalized spacial score (nSPS) is 17.4. The van der Waals surface area contributed by atoms with Crippen molar-refractivity contribution in [1.82, 2.24) is 5.32 Å². The molecule has 1 heterocycles. The van der Waals surface area contributed by atoms with E-state index < -0.39 is 0 Å². The summed E-state index contributed by atoms with van der Waals surface area (Å²) in [5.74, 6) is 0.163. The molecule has 116 valence electrons. The predicted octanol–water partition coefficient (Wildman–Crippen LogP) is 2.59. The molecular formula is C17H26N2O2. The van der Waals surface area contributed by atoms with Crippen LogP contribution in [0.2, 0.25) is 0 Å². The number of rotatable bonds is 6. The van der Waals surface area contributed by atoms with Crippen LogP contribution < -0.4 is 10.6 Å². The van der Waals surface area contributed by atoms with Crippen molar-refractivity contribution < 1.29 is 9.53 Å². The van der Waals surface area contributed by atoms with Crippen molar-refractivity contribution >= 4 is 11.6 Å². The number of nitrogens with one attached hydrogen (secondary N) is 2. The number of hydrogen-bond acceptors (Lipinski definition) is 3. The number of amides is 1. The van der Waals surface area contributed by atoms with Crippen molar-refractivity contribution in [3.05, 3.63) is 29.8 Å². The second-order valence-corrected chi connectivity index (χ2v) is 5.74. The van der Waals surface area contributed by atoms with Crippen molar-refractivity contribution in [1.29, 1.82) is 0 Å². The minimum Gasteiger partial charge on any atom is -0.384 e. The summed E-state index contributed by atoms with van der Waals surface area (Å²) in [5.41, 5.74) is 1.83. The number of ether oxygens (including phenoxy) is 1. The lowest BCUT2D eigenvalue weighted by Gasteiger charge is -2.35. The summed E-state index contributed by atoms with van der Waals surface area (Å²) in [6, 6.07) is 8.00. The van der Waals surface area contributed by atoms with E-state index in [1.54, 1.807) is 7.11 Å². The number of para-hydroxylation sites is 1. The Kier molecular flexibility index (Phi) is 5.76. The quantitative estimate of drug-likeness (QED) is 0.846. The second kappa shape index (κ2) is 7.57. The molecule has 21 heavy (non-hydrogen) atoms. The van der Waals surface area contributed by atoms with Gasteiger partial charge in [-0.05, 0) is 50.4 Å². The van der Waals surface area contributed by atoms with Crippen LogP contribution in [0.25, 0.3) is 0 Å². The minimum absolute atomic E-state index is 0.163. The molecule has 2 N–H and O–H groups in total. The maximum atomic E-state index is 12.8. The van der Waals surface area contributed by atoms with E-state index in [0.717, 1.165) is 50.0 Å². The summed E-state index contributed by atoms with van der Waals surface area (Å²) in [5, 5.41) is 6.49. The molecule has 4 nitrogen and oxygen atoms in total. The Bertz CT molecular complexity index is 468. The van der Waals surface area contributed by atoms with E-state index in [9.17, 15) is 4.79 Å². The van der Waals surface area contributed by atoms with Gasteiger partial charge in [-0.3, -0.25) is 4.79 Å². The Morgan fingerprint density at radius 2 is 2.05 bits per heavy atom. The molecule has 1 aliphatic heterocycles. The summed E-state index contributed by atoms with van der Waals surface area (Å²) < 4.78 is 5.14. The SMILES string of the molecule is CCC1(C(=O)Nc2ccccc2CCOC)CCNCC1. The van der Waals surface area contributed by atoms with Gasteiger partial charge < -0.3 is 15.4 Å². The van der Waals surface area contributed by atoms with Crippen LogP contribution in [-0.4, -0.2) is 32.7 Å². The molecule has 0 unspecified atom stereocenters. The van der Waals surface area contributed by atoms with Crippen molar-refractivity contribution in [2.45, 2.75) is 32.6 Å². The standard InChI is InChI=1S/C17H26N2O2/c1-3-17(9-11-18-12-10-17)16(20)19-15-7-5-4-6-14(15)8-13-21-2/h4-7,18H,3,8-13H2,1-2H3,(H,19,20). The Morgan fingerprint density at radius 1 is 1.33 bits per heavy atom. The van der Waals surface area contributed by atoms with Gasteiger partial charge in [0.15, 0.2) is 0 Å². The van der Waals surface area contributed by atoms with Crippen LogP contribution in [0, 0.1) is 5.41 Å². The molecule has 0 aromatic heterocycles. The lowest BCUT2D eigenvalue weighted by Crippen LogP contribution is -2.44. The number of carbonyl (C=O) groups is 1. The smallest absolute Gasteiger partial charge is 0.230 e. The van der Waals surface area contributed by atoms with Crippen LogP contribution in [0.3, 0.4) is 0 Å². The fourth-order valence-corrected chi connectivity index (χ4v) is 2.97. The zero-order valence-corrected chi connectivity index (χ0v) is 13.1. The lowest BCUT2D eigenvalue weighted by atomic mass is 9.76. The number of hydrogen-bond donors (Lipinski definition) is 2. The first kappa shape index (κ1) is 16.0. The Hall–Kier alpha value is -1.39. The van der Waals surface area contributed by atoms with Crippen LogP contribution in [0.5, 0.6) is 0 Å². The maximum absolute atomic E-state index is 12.8. The van der Waals surface area contributed by atoms with Gasteiger partial charge in [0.1, 0.15) is 0 Å². The predicted molar refractivity (Wildman–Crippen MR) is 85.5 cm³/mol. The van der Waals surface area contributed by atoms with Crippen molar-refractivity contribution in [3.63, 3.8) is 0 Å². The lowest BCUT2D eigenvalue weighted by molar-refractivity contribution is -0.127. The fourth-order valence-electron chi connectivity index (χ4n) is 2.97. The maximum Gasteiger partial charge on any atom is 0.230 e. The van der Waals surface area contributed by atoms with Gasteiger partial charge in [-0.1, -0.05) is 25.1 Å². The van der Waals surface area contributed by atoms with Crippen LogP contribution in [-0.2, 0) is 16.0 Å². The summed E-state index contributed by atoms with van der Waals surface area (Å²) in [7, 11) is 1.70. The van der Waals surface area contributed by atoms with E-state index >= 15 is 0 Å². The molecule has 1 aromatic rings. The Morgan fingerprint density at radius 3 is 2.71 bits per heavy atom. The summed E-state index contributed by atoms with van der Waals surface area (Å²) in [6.07, 6.45) is 3.53. The third-order valence-electron chi connectivity index (χ3n) is 4.56. The third-order valence-corrected chi connectivity index (χ3v) is 4.56. The molecule has 1 amide bonds. The Labute approximate surface area is 127 Å². The zero-order valence-electron chi connectivity index (χ0n) is 13.1. The second-order valence-electron chi connectivity index (χ2n) is 5.74. The number of piperidine rings is 1. The van der Waals surface area contributed by atoms with Gasteiger partial charge in [0.05, 0.1) is 12.0 Å². The average molecular weight is 290 g/mol. The molecule has 0 saturated carbocycles. The van der Waals surface area contributed by atoms with Gasteiger partial charge in [0, 0.05) is 12.8 Å². The summed E-state index contributed by atoms with van der Waals surface area (Å²) in [4.78, 5) is 12.8. The highest BCUT2D eigenvalue weighted by molar-refractivity contribution is 5.96. The zero-order chi connectivity index (χ0) is 15.1. The molecule has 1 saturated heterocycles. The van der Waals surface area contributed by atoms with Gasteiger partial charge in [-0.15, -0.1) is 0 Å². The Balaban J connectivity index is 2.11. The van der Waals surface area contributed by atoms with Crippen LogP contribution in [0.4, 0.5) is 5.69 Å². The van der Waals surface area contributed by atoms with Gasteiger partial charge in [0.2, 0.25) is 5.91 Å². The molecule has 0 spiro atoms. The molecule has 0 atom stereocenters. The highest BCUT2D eigenvalue weighted by atomic mass is 16.5. The van der Waals surface area contributed by atoms with E-state index in [0.29, 0.717) is 6.61 Å². The molecular weight excluding hydrogens is 264 g/mol. The van der Waals surface area contributed by atoms with Crippen LogP contribution in [0.1, 0.15) is 31.7 Å². The molecule has 1 aliphatic rings. The van der Waals surface area contributed by atoms with Crippen molar-refractivity contribution in [2.75, 3.05) is 32.1 Å². The third kappa shape index (κ3) is 3.83. The summed E-state index contributed by atoms with van der Waals surface area (Å²) in [6.45, 7) is 4.62. The van der Waals surface area contributed by atoms with E-state index in [4.69, 9.17) is 4.74 Å². The van der Waals surface area contributed by atoms with Gasteiger partial charge >= 0.3 is 0 Å². The van der Waals surface area contributed by atoms with Gasteiger partial charge in [0.25, 0.3) is 0 Å². The largest absolute Gasteiger partial charge is 0.384 e. The first-order chi connectivity index (χ1) is 10.2. The molecule has 0 aliphatic carbocycles. The highest BCUT2D eigenvalue weighted by Crippen LogP contribution is 2.34. The first-order valence-electron chi connectivity index (χ1n) is 7.81. The minimum atomic E-state index is -0.223. The molecule has 0 radical (unpaired) electrons. The van der Waals surface area contributed by atoms with E-state index in [1.807, 2.05) is 18.2 Å². The number of anilines is 1. The van der Waals surface area contributed by atoms with E-state index in [-0.39, 0.29) is 11.3 Å². The first-order valence-corrected chi connectivity index (χ1v) is 7.81. The summed E-state index contributed by atoms with van der Waals surface area (Å²) >= 11 is 0. The molecule has 2 rings (SSSR count). The number of benzene rings is 1. The molecule has 0 bridgehead atoms. The van der Waals surface area contributed by atoms with E-state index in [2.05, 4.69) is 23.6 Å². The van der Waals surface area contributed by atoms with Gasteiger partial charge in [-0.25, -0.2) is 0 Å². The topological polar surface area (TPSA) is 50.4 Å². The fraction of sp³-hybridized carbons (Fsp3) is 0.588. The molecule has 1 aromatic carbocycles. The van der Waals surface area contributed by atoms with Crippen molar-refractivity contribution in [3.8, 4) is 0 Å². The number of carbonyl (C=O) groups excluding carboxylic acids is 1. The molecule has 1 fully saturated rings. The number of methoxy groups -OCH3 is 1. The molecule has 4 heteroatoms. The monoisotopic (exact) mass is 290 g/mol. The van der Waals surface area contributed by atoms with Gasteiger partial charge in [-0.2, -0.15) is 0 Å². The highest BCUT2D eigenvalue weighted by Gasteiger charge is 2.37. The van der Waals surface area contributed by atoms with Crippen LogP contribution in [0.15, 0.2) is 24.3 Å². The average Bonchev–Trinajstić information content (AvgIpc) is 2.54.